The van der Waals surface area contributed by atoms with Crippen LogP contribution in [-0.2, 0) is 0 Å². The number of furan rings is 1. The first-order valence-corrected chi connectivity index (χ1v) is 3.45. The van der Waals surface area contributed by atoms with Crippen molar-refractivity contribution in [1.82, 2.24) is 0 Å². The van der Waals surface area contributed by atoms with E-state index in [0.29, 0.717) is 0 Å². The minimum Gasteiger partial charge on any atom is -0.468 e. The molecular weight excluding hydrogens is 136 g/mol. The van der Waals surface area contributed by atoms with E-state index in [1.807, 2.05) is 19.1 Å². The van der Waals surface area contributed by atoms with Gasteiger partial charge in [-0.25, -0.2) is 0 Å². The maximum atomic E-state index is 5.84. The van der Waals surface area contributed by atoms with Crippen molar-refractivity contribution < 1.29 is 4.42 Å². The lowest BCUT2D eigenvalue weighted by Gasteiger charge is -1.98. The number of alkyl halides is 1. The van der Waals surface area contributed by atoms with Crippen LogP contribution in [-0.4, -0.2) is 0 Å². The lowest BCUT2D eigenvalue weighted by atomic mass is 10.3. The summed E-state index contributed by atoms with van der Waals surface area (Å²) in [5, 5.41) is 0.0417. The summed E-state index contributed by atoms with van der Waals surface area (Å²) >= 11 is 5.84. The molecule has 1 aromatic heterocycles. The summed E-state index contributed by atoms with van der Waals surface area (Å²) in [4.78, 5) is 0. The maximum Gasteiger partial charge on any atom is 0.121 e. The highest BCUT2D eigenvalue weighted by molar-refractivity contribution is 6.20. The van der Waals surface area contributed by atoms with E-state index in [2.05, 4.69) is 0 Å². The number of hydrogen-bond donors (Lipinski definition) is 0. The van der Waals surface area contributed by atoms with Gasteiger partial charge in [0.25, 0.3) is 0 Å². The van der Waals surface area contributed by atoms with Gasteiger partial charge in [0.2, 0.25) is 0 Å². The van der Waals surface area contributed by atoms with Crippen LogP contribution in [0.3, 0.4) is 0 Å². The molecule has 1 rings (SSSR count). The van der Waals surface area contributed by atoms with E-state index < -0.39 is 0 Å². The Morgan fingerprint density at radius 3 is 3.00 bits per heavy atom. The highest BCUT2D eigenvalue weighted by Gasteiger charge is 2.05. The van der Waals surface area contributed by atoms with Gasteiger partial charge in [0.1, 0.15) is 5.76 Å². The molecule has 0 bridgehead atoms. The van der Waals surface area contributed by atoms with Crippen molar-refractivity contribution in [2.24, 2.45) is 0 Å². The summed E-state index contributed by atoms with van der Waals surface area (Å²) < 4.78 is 5.05. The minimum absolute atomic E-state index is 0.0417. The van der Waals surface area contributed by atoms with E-state index in [9.17, 15) is 0 Å². The number of rotatable bonds is 2. The molecule has 0 aromatic carbocycles. The Kier molecular flexibility index (Phi) is 2.17. The van der Waals surface area contributed by atoms with Crippen molar-refractivity contribution in [2.45, 2.75) is 18.7 Å². The molecule has 0 saturated heterocycles. The van der Waals surface area contributed by atoms with Crippen LogP contribution in [0.25, 0.3) is 0 Å². The van der Waals surface area contributed by atoms with E-state index >= 15 is 0 Å². The smallest absolute Gasteiger partial charge is 0.121 e. The Bertz CT molecular complexity index is 157. The molecule has 1 nitrogen and oxygen atoms in total. The highest BCUT2D eigenvalue weighted by atomic mass is 35.5. The molecular formula is C7H9ClO. The Labute approximate surface area is 59.6 Å². The molecule has 0 aliphatic carbocycles. The summed E-state index contributed by atoms with van der Waals surface area (Å²) in [5.74, 6) is 0.860. The second-order valence-electron chi connectivity index (χ2n) is 1.89. The molecule has 2 heteroatoms. The lowest BCUT2D eigenvalue weighted by molar-refractivity contribution is 0.500. The topological polar surface area (TPSA) is 13.1 Å². The quantitative estimate of drug-likeness (QED) is 0.582. The Morgan fingerprint density at radius 2 is 2.56 bits per heavy atom. The van der Waals surface area contributed by atoms with Gasteiger partial charge in [-0.3, -0.25) is 0 Å². The van der Waals surface area contributed by atoms with Crippen LogP contribution >= 0.6 is 11.6 Å². The molecule has 0 N–H and O–H groups in total. The maximum absolute atomic E-state index is 5.84. The van der Waals surface area contributed by atoms with Gasteiger partial charge in [0.05, 0.1) is 11.6 Å². The zero-order valence-electron chi connectivity index (χ0n) is 5.30. The van der Waals surface area contributed by atoms with Crippen LogP contribution in [0.4, 0.5) is 0 Å². The molecule has 0 aliphatic rings. The minimum atomic E-state index is 0.0417. The standard InChI is InChI=1S/C7H9ClO/c1-2-6(8)7-4-3-5-9-7/h3-6H,2H2,1H3. The molecule has 9 heavy (non-hydrogen) atoms. The summed E-state index contributed by atoms with van der Waals surface area (Å²) in [5.41, 5.74) is 0. The van der Waals surface area contributed by atoms with Crippen molar-refractivity contribution in [2.75, 3.05) is 0 Å². The fourth-order valence-electron chi connectivity index (χ4n) is 0.671. The van der Waals surface area contributed by atoms with Gasteiger partial charge in [0, 0.05) is 0 Å². The molecule has 1 aromatic rings. The first-order chi connectivity index (χ1) is 4.34. The average molecular weight is 145 g/mol. The van der Waals surface area contributed by atoms with Crippen molar-refractivity contribution in [3.63, 3.8) is 0 Å². The third kappa shape index (κ3) is 1.49. The summed E-state index contributed by atoms with van der Waals surface area (Å²) in [6.07, 6.45) is 2.55. The van der Waals surface area contributed by atoms with E-state index in [1.165, 1.54) is 0 Å². The van der Waals surface area contributed by atoms with Crippen LogP contribution in [0.15, 0.2) is 22.8 Å². The molecule has 0 saturated carbocycles. The molecule has 1 heterocycles. The molecule has 0 radical (unpaired) electrons. The van der Waals surface area contributed by atoms with Crippen LogP contribution in [0, 0.1) is 0 Å². The van der Waals surface area contributed by atoms with Crippen LogP contribution in [0.1, 0.15) is 24.5 Å². The fraction of sp³-hybridized carbons (Fsp3) is 0.429. The van der Waals surface area contributed by atoms with Crippen molar-refractivity contribution in [1.29, 1.82) is 0 Å². The van der Waals surface area contributed by atoms with Crippen molar-refractivity contribution >= 4 is 11.6 Å². The zero-order chi connectivity index (χ0) is 6.69. The first kappa shape index (κ1) is 6.69. The largest absolute Gasteiger partial charge is 0.468 e. The van der Waals surface area contributed by atoms with Gasteiger partial charge < -0.3 is 4.42 Å². The Morgan fingerprint density at radius 1 is 1.78 bits per heavy atom. The second kappa shape index (κ2) is 2.92. The predicted octanol–water partition coefficient (Wildman–Crippen LogP) is 2.97. The number of halogens is 1. The molecule has 0 fully saturated rings. The molecule has 50 valence electrons. The van der Waals surface area contributed by atoms with E-state index in [0.717, 1.165) is 12.2 Å². The SMILES string of the molecule is CCC(Cl)c1ccco1. The molecule has 0 spiro atoms. The van der Waals surface area contributed by atoms with Gasteiger partial charge in [0.15, 0.2) is 0 Å². The third-order valence-corrected chi connectivity index (χ3v) is 1.73. The molecule has 1 atom stereocenters. The van der Waals surface area contributed by atoms with Gasteiger partial charge in [-0.15, -0.1) is 11.6 Å². The normalized spacial score (nSPS) is 13.6. The molecule has 1 unspecified atom stereocenters. The van der Waals surface area contributed by atoms with Gasteiger partial charge >= 0.3 is 0 Å². The van der Waals surface area contributed by atoms with Gasteiger partial charge in [-0.1, -0.05) is 6.92 Å². The van der Waals surface area contributed by atoms with Crippen molar-refractivity contribution in [3.8, 4) is 0 Å². The average Bonchev–Trinajstić information content (AvgIpc) is 2.37. The van der Waals surface area contributed by atoms with Gasteiger partial charge in [-0.2, -0.15) is 0 Å². The van der Waals surface area contributed by atoms with E-state index in [1.54, 1.807) is 6.26 Å². The predicted molar refractivity (Wildman–Crippen MR) is 37.6 cm³/mol. The Balaban J connectivity index is 2.65. The van der Waals surface area contributed by atoms with Gasteiger partial charge in [-0.05, 0) is 18.6 Å². The molecule has 0 amide bonds. The monoisotopic (exact) mass is 144 g/mol. The third-order valence-electron chi connectivity index (χ3n) is 1.21. The second-order valence-corrected chi connectivity index (χ2v) is 2.42. The van der Waals surface area contributed by atoms with Crippen molar-refractivity contribution in [3.05, 3.63) is 24.2 Å². The Hall–Kier alpha value is -0.430. The number of hydrogen-bond acceptors (Lipinski definition) is 1. The summed E-state index contributed by atoms with van der Waals surface area (Å²) in [6.45, 7) is 2.03. The van der Waals surface area contributed by atoms with E-state index in [-0.39, 0.29) is 5.38 Å². The summed E-state index contributed by atoms with van der Waals surface area (Å²) in [6, 6.07) is 3.74. The van der Waals surface area contributed by atoms with Crippen LogP contribution in [0.2, 0.25) is 0 Å². The van der Waals surface area contributed by atoms with Crippen LogP contribution in [0.5, 0.6) is 0 Å². The summed E-state index contributed by atoms with van der Waals surface area (Å²) in [7, 11) is 0. The first-order valence-electron chi connectivity index (χ1n) is 3.02. The van der Waals surface area contributed by atoms with Crippen LogP contribution < -0.4 is 0 Å². The van der Waals surface area contributed by atoms with E-state index in [4.69, 9.17) is 16.0 Å². The zero-order valence-corrected chi connectivity index (χ0v) is 6.06. The fourth-order valence-corrected chi connectivity index (χ4v) is 0.795. The lowest BCUT2D eigenvalue weighted by Crippen LogP contribution is -1.81. The highest BCUT2D eigenvalue weighted by Crippen LogP contribution is 2.23. The molecule has 0 aliphatic heterocycles.